The number of nitrogens with zero attached hydrogens (tertiary/aromatic N) is 1. The zero-order valence-corrected chi connectivity index (χ0v) is 16.9. The zero-order chi connectivity index (χ0) is 18.1. The van der Waals surface area contributed by atoms with Crippen molar-refractivity contribution in [2.24, 2.45) is 0 Å². The van der Waals surface area contributed by atoms with E-state index in [0.29, 0.717) is 22.3 Å². The van der Waals surface area contributed by atoms with E-state index in [9.17, 15) is 4.79 Å². The predicted octanol–water partition coefficient (Wildman–Crippen LogP) is 5.70. The van der Waals surface area contributed by atoms with Crippen molar-refractivity contribution in [2.45, 2.75) is 12.5 Å². The number of para-hydroxylation sites is 1. The summed E-state index contributed by atoms with van der Waals surface area (Å²) in [6.45, 7) is 1.14. The quantitative estimate of drug-likeness (QED) is 0.584. The van der Waals surface area contributed by atoms with Gasteiger partial charge in [-0.25, -0.2) is 0 Å². The van der Waals surface area contributed by atoms with Crippen LogP contribution in [-0.2, 0) is 11.2 Å². The maximum absolute atomic E-state index is 12.7. The standard InChI is InChI=1S/C19H16Cl2N2OS2/c20-13-3-1-4-14(21)18(13)22-17(24)11-23-8-6-15-12(7-10-26-15)19(23)16-5-2-9-25-16/h1-5,7,9-10,19H,6,8,11H2,(H,22,24). The van der Waals surface area contributed by atoms with Crippen molar-refractivity contribution in [3.8, 4) is 0 Å². The van der Waals surface area contributed by atoms with Crippen molar-refractivity contribution in [3.05, 3.63) is 72.5 Å². The molecule has 0 radical (unpaired) electrons. The molecule has 0 saturated heterocycles. The highest BCUT2D eigenvalue weighted by Gasteiger charge is 2.31. The maximum atomic E-state index is 12.7. The number of fused-ring (bicyclic) bond motifs is 1. The first-order valence-electron chi connectivity index (χ1n) is 8.21. The highest BCUT2D eigenvalue weighted by atomic mass is 35.5. The molecule has 0 bridgehead atoms. The molecule has 1 unspecified atom stereocenters. The summed E-state index contributed by atoms with van der Waals surface area (Å²) in [7, 11) is 0. The topological polar surface area (TPSA) is 32.3 Å². The van der Waals surface area contributed by atoms with E-state index in [-0.39, 0.29) is 11.9 Å². The molecule has 7 heteroatoms. The van der Waals surface area contributed by atoms with Gasteiger partial charge in [-0.15, -0.1) is 22.7 Å². The second-order valence-electron chi connectivity index (χ2n) is 6.08. The average molecular weight is 423 g/mol. The Morgan fingerprint density at radius 1 is 1.12 bits per heavy atom. The number of nitrogens with one attached hydrogen (secondary N) is 1. The Morgan fingerprint density at radius 2 is 1.92 bits per heavy atom. The Bertz CT molecular complexity index is 903. The van der Waals surface area contributed by atoms with E-state index in [1.54, 1.807) is 40.9 Å². The van der Waals surface area contributed by atoms with Crippen LogP contribution < -0.4 is 5.32 Å². The van der Waals surface area contributed by atoms with Gasteiger partial charge in [0.15, 0.2) is 0 Å². The SMILES string of the molecule is O=C(CN1CCc2sccc2C1c1cccs1)Nc1c(Cl)cccc1Cl. The highest BCUT2D eigenvalue weighted by Crippen LogP contribution is 2.39. The van der Waals surface area contributed by atoms with Crippen LogP contribution in [0.4, 0.5) is 5.69 Å². The molecule has 0 saturated carbocycles. The molecule has 4 rings (SSSR count). The van der Waals surface area contributed by atoms with Gasteiger partial charge in [-0.1, -0.05) is 35.3 Å². The largest absolute Gasteiger partial charge is 0.322 e. The smallest absolute Gasteiger partial charge is 0.238 e. The maximum Gasteiger partial charge on any atom is 0.238 e. The first-order chi connectivity index (χ1) is 12.6. The summed E-state index contributed by atoms with van der Waals surface area (Å²) in [6.07, 6.45) is 0.967. The molecule has 26 heavy (non-hydrogen) atoms. The molecule has 1 aliphatic rings. The minimum absolute atomic E-state index is 0.111. The first-order valence-corrected chi connectivity index (χ1v) is 10.7. The van der Waals surface area contributed by atoms with Crippen LogP contribution in [0.1, 0.15) is 21.4 Å². The molecule has 0 fully saturated rings. The number of hydrogen-bond acceptors (Lipinski definition) is 4. The van der Waals surface area contributed by atoms with E-state index in [0.717, 1.165) is 13.0 Å². The first kappa shape index (κ1) is 18.0. The predicted molar refractivity (Wildman–Crippen MR) is 111 cm³/mol. The Hall–Kier alpha value is -1.37. The third-order valence-electron chi connectivity index (χ3n) is 4.45. The Kier molecular flexibility index (Phi) is 5.34. The van der Waals surface area contributed by atoms with Gasteiger partial charge in [-0.2, -0.15) is 0 Å². The van der Waals surface area contributed by atoms with Crippen molar-refractivity contribution in [3.63, 3.8) is 0 Å². The van der Waals surface area contributed by atoms with Gasteiger partial charge < -0.3 is 5.32 Å². The summed E-state index contributed by atoms with van der Waals surface area (Å²) in [6, 6.07) is 11.7. The van der Waals surface area contributed by atoms with Crippen molar-refractivity contribution in [1.29, 1.82) is 0 Å². The number of rotatable bonds is 4. The van der Waals surface area contributed by atoms with Gasteiger partial charge in [-0.05, 0) is 47.0 Å². The van der Waals surface area contributed by atoms with E-state index < -0.39 is 0 Å². The lowest BCUT2D eigenvalue weighted by atomic mass is 9.98. The van der Waals surface area contributed by atoms with Gasteiger partial charge in [0.1, 0.15) is 0 Å². The van der Waals surface area contributed by atoms with E-state index in [4.69, 9.17) is 23.2 Å². The summed E-state index contributed by atoms with van der Waals surface area (Å²) in [5.41, 5.74) is 1.79. The second-order valence-corrected chi connectivity index (χ2v) is 8.88. The van der Waals surface area contributed by atoms with Crippen LogP contribution in [0.2, 0.25) is 10.0 Å². The van der Waals surface area contributed by atoms with Crippen LogP contribution in [0.25, 0.3) is 0 Å². The number of anilines is 1. The van der Waals surface area contributed by atoms with E-state index in [2.05, 4.69) is 39.2 Å². The zero-order valence-electron chi connectivity index (χ0n) is 13.7. The van der Waals surface area contributed by atoms with Crippen molar-refractivity contribution < 1.29 is 4.79 Å². The van der Waals surface area contributed by atoms with Gasteiger partial charge in [0.2, 0.25) is 5.91 Å². The van der Waals surface area contributed by atoms with Crippen molar-refractivity contribution in [1.82, 2.24) is 4.90 Å². The summed E-state index contributed by atoms with van der Waals surface area (Å²) in [4.78, 5) is 17.6. The van der Waals surface area contributed by atoms with Gasteiger partial charge in [0, 0.05) is 16.3 Å². The lowest BCUT2D eigenvalue weighted by molar-refractivity contribution is -0.117. The number of thiophene rings is 2. The number of benzene rings is 1. The highest BCUT2D eigenvalue weighted by molar-refractivity contribution is 7.10. The van der Waals surface area contributed by atoms with E-state index in [1.807, 2.05) is 0 Å². The lowest BCUT2D eigenvalue weighted by Crippen LogP contribution is -2.40. The molecule has 1 aliphatic heterocycles. The molecule has 0 aliphatic carbocycles. The average Bonchev–Trinajstić information content (AvgIpc) is 3.29. The van der Waals surface area contributed by atoms with Crippen LogP contribution in [0.3, 0.4) is 0 Å². The summed E-state index contributed by atoms with van der Waals surface area (Å²) < 4.78 is 0. The molecule has 0 spiro atoms. The Labute approximate surface area is 170 Å². The molecular formula is C19H16Cl2N2OS2. The van der Waals surface area contributed by atoms with Gasteiger partial charge in [-0.3, -0.25) is 9.69 Å². The molecule has 3 heterocycles. The van der Waals surface area contributed by atoms with E-state index in [1.165, 1.54) is 15.3 Å². The fraction of sp³-hybridized carbons (Fsp3) is 0.211. The van der Waals surface area contributed by atoms with Gasteiger partial charge >= 0.3 is 0 Å². The third-order valence-corrected chi connectivity index (χ3v) is 7.00. The number of amides is 1. The monoisotopic (exact) mass is 422 g/mol. The van der Waals surface area contributed by atoms with Crippen LogP contribution in [-0.4, -0.2) is 23.9 Å². The van der Waals surface area contributed by atoms with Crippen LogP contribution >= 0.6 is 45.9 Å². The molecule has 1 aromatic carbocycles. The summed E-state index contributed by atoms with van der Waals surface area (Å²) in [5.74, 6) is -0.111. The van der Waals surface area contributed by atoms with Crippen LogP contribution in [0.15, 0.2) is 47.2 Å². The molecule has 1 amide bonds. The number of carbonyl (C=O) groups is 1. The molecule has 1 atom stereocenters. The van der Waals surface area contributed by atoms with Gasteiger partial charge in [0.25, 0.3) is 0 Å². The normalized spacial score (nSPS) is 17.1. The molecule has 3 nitrogen and oxygen atoms in total. The van der Waals surface area contributed by atoms with Crippen molar-refractivity contribution in [2.75, 3.05) is 18.4 Å². The summed E-state index contributed by atoms with van der Waals surface area (Å²) in [5, 5.41) is 7.98. The molecular weight excluding hydrogens is 407 g/mol. The molecule has 134 valence electrons. The van der Waals surface area contributed by atoms with Crippen molar-refractivity contribution >= 4 is 57.5 Å². The molecule has 2 aromatic heterocycles. The number of halogens is 2. The Balaban J connectivity index is 1.56. The summed E-state index contributed by atoms with van der Waals surface area (Å²) >= 11 is 15.9. The second kappa shape index (κ2) is 7.71. The fourth-order valence-corrected chi connectivity index (χ4v) is 5.57. The van der Waals surface area contributed by atoms with Crippen LogP contribution in [0, 0.1) is 0 Å². The number of carbonyl (C=O) groups excluding carboxylic acids is 1. The minimum atomic E-state index is -0.111. The van der Waals surface area contributed by atoms with Gasteiger partial charge in [0.05, 0.1) is 28.3 Å². The van der Waals surface area contributed by atoms with Crippen LogP contribution in [0.5, 0.6) is 0 Å². The molecule has 1 N–H and O–H groups in total. The molecule has 3 aromatic rings. The third kappa shape index (κ3) is 3.55. The van der Waals surface area contributed by atoms with E-state index >= 15 is 0 Å². The number of hydrogen-bond donors (Lipinski definition) is 1. The minimum Gasteiger partial charge on any atom is -0.322 e. The Morgan fingerprint density at radius 3 is 2.65 bits per heavy atom. The lowest BCUT2D eigenvalue weighted by Gasteiger charge is -2.34. The fourth-order valence-electron chi connectivity index (χ4n) is 3.30.